The number of aromatic nitrogens is 3. The molecular weight excluding hydrogens is 332 g/mol. The first-order chi connectivity index (χ1) is 11.5. The minimum absolute atomic E-state index is 0.117. The van der Waals surface area contributed by atoms with Crippen molar-refractivity contribution in [2.45, 2.75) is 19.4 Å². The van der Waals surface area contributed by atoms with Crippen LogP contribution in [0.4, 0.5) is 0 Å². The summed E-state index contributed by atoms with van der Waals surface area (Å²) in [6.07, 6.45) is 2.65. The second kappa shape index (κ2) is 7.02. The van der Waals surface area contributed by atoms with Crippen LogP contribution in [0.5, 0.6) is 0 Å². The lowest BCUT2D eigenvalue weighted by atomic mass is 10.2. The van der Waals surface area contributed by atoms with Crippen LogP contribution in [0.2, 0.25) is 0 Å². The number of carbonyl (C=O) groups excluding carboxylic acids is 1. The molecule has 1 atom stereocenters. The van der Waals surface area contributed by atoms with Crippen LogP contribution in [-0.4, -0.2) is 62.6 Å². The van der Waals surface area contributed by atoms with Gasteiger partial charge < -0.3 is 14.7 Å². The van der Waals surface area contributed by atoms with E-state index < -0.39 is 12.1 Å². The summed E-state index contributed by atoms with van der Waals surface area (Å²) in [7, 11) is 0. The number of aryl methyl sites for hydroxylation is 1. The molecule has 1 N–H and O–H groups in total. The van der Waals surface area contributed by atoms with Crippen molar-refractivity contribution in [3.05, 3.63) is 29.0 Å². The van der Waals surface area contributed by atoms with Gasteiger partial charge in [-0.05, 0) is 13.0 Å². The first kappa shape index (κ1) is 16.5. The maximum absolute atomic E-state index is 12.7. The number of hydrogen-bond acceptors (Lipinski definition) is 7. The minimum atomic E-state index is -0.938. The molecule has 0 spiro atoms. The largest absolute Gasteiger partial charge is 0.481 e. The fraction of sp³-hybridized carbons (Fsp3) is 0.400. The Morgan fingerprint density at radius 3 is 2.88 bits per heavy atom. The molecule has 1 aliphatic rings. The van der Waals surface area contributed by atoms with E-state index in [-0.39, 0.29) is 18.9 Å². The van der Waals surface area contributed by atoms with Crippen LogP contribution in [0.25, 0.3) is 10.8 Å². The van der Waals surface area contributed by atoms with E-state index in [4.69, 9.17) is 9.84 Å². The molecule has 0 aliphatic carbocycles. The van der Waals surface area contributed by atoms with Gasteiger partial charge in [0, 0.05) is 25.5 Å². The molecule has 0 radical (unpaired) electrons. The number of morpholine rings is 1. The van der Waals surface area contributed by atoms with Crippen molar-refractivity contribution in [2.75, 3.05) is 19.7 Å². The number of carboxylic acids is 1. The third kappa shape index (κ3) is 3.57. The van der Waals surface area contributed by atoms with E-state index >= 15 is 0 Å². The van der Waals surface area contributed by atoms with Crippen molar-refractivity contribution < 1.29 is 19.4 Å². The lowest BCUT2D eigenvalue weighted by Gasteiger charge is -2.32. The molecule has 126 valence electrons. The van der Waals surface area contributed by atoms with Crippen molar-refractivity contribution in [1.29, 1.82) is 0 Å². The zero-order valence-electron chi connectivity index (χ0n) is 13.0. The topological polar surface area (TPSA) is 106 Å². The Morgan fingerprint density at radius 1 is 1.42 bits per heavy atom. The number of carbonyl (C=O) groups is 2. The van der Waals surface area contributed by atoms with Crippen LogP contribution in [0.3, 0.4) is 0 Å². The summed E-state index contributed by atoms with van der Waals surface area (Å²) in [4.78, 5) is 38.4. The summed E-state index contributed by atoms with van der Waals surface area (Å²) in [5.41, 5.74) is 0.619. The van der Waals surface area contributed by atoms with Gasteiger partial charge in [-0.3, -0.25) is 9.59 Å². The molecule has 0 aromatic carbocycles. The first-order valence-electron chi connectivity index (χ1n) is 7.42. The number of rotatable bonds is 4. The monoisotopic (exact) mass is 348 g/mol. The van der Waals surface area contributed by atoms with Crippen LogP contribution < -0.4 is 0 Å². The van der Waals surface area contributed by atoms with E-state index in [2.05, 4.69) is 15.0 Å². The molecule has 1 amide bonds. The van der Waals surface area contributed by atoms with Gasteiger partial charge in [0.1, 0.15) is 4.88 Å². The Balaban J connectivity index is 1.77. The summed E-state index contributed by atoms with van der Waals surface area (Å²) in [5.74, 6) is -0.618. The number of carboxylic acid groups (broad SMARTS) is 1. The molecule has 2 aromatic heterocycles. The fourth-order valence-electron chi connectivity index (χ4n) is 2.47. The lowest BCUT2D eigenvalue weighted by molar-refractivity contribution is -0.141. The minimum Gasteiger partial charge on any atom is -0.481 e. The smallest absolute Gasteiger partial charge is 0.306 e. The van der Waals surface area contributed by atoms with Gasteiger partial charge in [-0.2, -0.15) is 0 Å². The average Bonchev–Trinajstić information content (AvgIpc) is 2.96. The number of thiazole rings is 1. The fourth-order valence-corrected chi connectivity index (χ4v) is 3.45. The maximum atomic E-state index is 12.7. The highest BCUT2D eigenvalue weighted by molar-refractivity contribution is 7.17. The molecule has 1 unspecified atom stereocenters. The van der Waals surface area contributed by atoms with Crippen molar-refractivity contribution in [3.63, 3.8) is 0 Å². The summed E-state index contributed by atoms with van der Waals surface area (Å²) in [5, 5.41) is 9.47. The summed E-state index contributed by atoms with van der Waals surface area (Å²) < 4.78 is 5.40. The Morgan fingerprint density at radius 2 is 2.17 bits per heavy atom. The van der Waals surface area contributed by atoms with Gasteiger partial charge in [0.05, 0.1) is 24.8 Å². The molecular formula is C15H16N4O4S. The standard InChI is InChI=1S/C15H16N4O4S/c1-9-12(24-14(18-9)13-16-3-2-4-17-13)15(22)19-5-6-23-10(8-19)7-11(20)21/h2-4,10H,5-8H2,1H3,(H,20,21). The third-order valence-electron chi connectivity index (χ3n) is 3.58. The molecule has 0 saturated carbocycles. The van der Waals surface area contributed by atoms with E-state index in [1.807, 2.05) is 0 Å². The molecule has 1 aliphatic heterocycles. The quantitative estimate of drug-likeness (QED) is 0.885. The summed E-state index contributed by atoms with van der Waals surface area (Å²) in [6, 6.07) is 1.71. The van der Waals surface area contributed by atoms with Gasteiger partial charge in [-0.25, -0.2) is 15.0 Å². The zero-order chi connectivity index (χ0) is 17.1. The van der Waals surface area contributed by atoms with Gasteiger partial charge in [-0.15, -0.1) is 11.3 Å². The Hall–Kier alpha value is -2.39. The summed E-state index contributed by atoms with van der Waals surface area (Å²) in [6.45, 7) is 2.80. The van der Waals surface area contributed by atoms with Crippen molar-refractivity contribution in [3.8, 4) is 10.8 Å². The molecule has 3 rings (SSSR count). The highest BCUT2D eigenvalue weighted by Crippen LogP contribution is 2.27. The SMILES string of the molecule is Cc1nc(-c2ncccn2)sc1C(=O)N1CCOC(CC(=O)O)C1. The molecule has 0 bridgehead atoms. The second-order valence-electron chi connectivity index (χ2n) is 5.35. The second-order valence-corrected chi connectivity index (χ2v) is 6.35. The van der Waals surface area contributed by atoms with Gasteiger partial charge in [0.15, 0.2) is 10.8 Å². The molecule has 1 saturated heterocycles. The van der Waals surface area contributed by atoms with E-state index in [1.165, 1.54) is 11.3 Å². The Kier molecular flexibility index (Phi) is 4.81. The molecule has 8 nitrogen and oxygen atoms in total. The van der Waals surface area contributed by atoms with Crippen molar-refractivity contribution >= 4 is 23.2 Å². The van der Waals surface area contributed by atoms with Crippen LogP contribution in [-0.2, 0) is 9.53 Å². The van der Waals surface area contributed by atoms with Gasteiger partial charge in [0.2, 0.25) is 0 Å². The Bertz CT molecular complexity index is 749. The summed E-state index contributed by atoms with van der Waals surface area (Å²) >= 11 is 1.25. The van der Waals surface area contributed by atoms with E-state index in [9.17, 15) is 9.59 Å². The van der Waals surface area contributed by atoms with E-state index in [0.29, 0.717) is 34.6 Å². The van der Waals surface area contributed by atoms with Gasteiger partial charge in [0.25, 0.3) is 5.91 Å². The first-order valence-corrected chi connectivity index (χ1v) is 8.23. The van der Waals surface area contributed by atoms with E-state index in [1.54, 1.807) is 30.3 Å². The predicted octanol–water partition coefficient (Wildman–Crippen LogP) is 1.22. The van der Waals surface area contributed by atoms with Crippen LogP contribution in [0, 0.1) is 6.92 Å². The predicted molar refractivity (Wildman–Crippen MR) is 85.8 cm³/mol. The van der Waals surface area contributed by atoms with Crippen LogP contribution >= 0.6 is 11.3 Å². The Labute approximate surface area is 142 Å². The number of ether oxygens (including phenoxy) is 1. The van der Waals surface area contributed by atoms with Crippen molar-refractivity contribution in [2.24, 2.45) is 0 Å². The zero-order valence-corrected chi connectivity index (χ0v) is 13.8. The maximum Gasteiger partial charge on any atom is 0.306 e. The average molecular weight is 348 g/mol. The van der Waals surface area contributed by atoms with Crippen LogP contribution in [0.15, 0.2) is 18.5 Å². The van der Waals surface area contributed by atoms with Gasteiger partial charge >= 0.3 is 5.97 Å². The molecule has 3 heterocycles. The third-order valence-corrected chi connectivity index (χ3v) is 4.72. The molecule has 9 heteroatoms. The molecule has 1 fully saturated rings. The highest BCUT2D eigenvalue weighted by atomic mass is 32.1. The lowest BCUT2D eigenvalue weighted by Crippen LogP contribution is -2.46. The highest BCUT2D eigenvalue weighted by Gasteiger charge is 2.29. The van der Waals surface area contributed by atoms with Crippen LogP contribution in [0.1, 0.15) is 21.8 Å². The number of amides is 1. The van der Waals surface area contributed by atoms with E-state index in [0.717, 1.165) is 0 Å². The number of aliphatic carboxylic acids is 1. The normalized spacial score (nSPS) is 17.7. The number of hydrogen-bond donors (Lipinski definition) is 1. The van der Waals surface area contributed by atoms with Crippen molar-refractivity contribution in [1.82, 2.24) is 19.9 Å². The molecule has 2 aromatic rings. The molecule has 24 heavy (non-hydrogen) atoms. The number of nitrogens with zero attached hydrogens (tertiary/aromatic N) is 4. The van der Waals surface area contributed by atoms with Gasteiger partial charge in [-0.1, -0.05) is 0 Å².